The van der Waals surface area contributed by atoms with Crippen LogP contribution >= 0.6 is 0 Å². The summed E-state index contributed by atoms with van der Waals surface area (Å²) in [6, 6.07) is 14.2. The van der Waals surface area contributed by atoms with Crippen LogP contribution in [-0.2, 0) is 11.3 Å². The highest BCUT2D eigenvalue weighted by Gasteiger charge is 2.18. The summed E-state index contributed by atoms with van der Waals surface area (Å²) in [5, 5.41) is 3.94. The van der Waals surface area contributed by atoms with Gasteiger partial charge in [-0.25, -0.2) is 5.43 Å². The van der Waals surface area contributed by atoms with Crippen molar-refractivity contribution in [1.82, 2.24) is 15.2 Å². The van der Waals surface area contributed by atoms with Crippen molar-refractivity contribution >= 4 is 12.1 Å². The molecule has 3 rings (SSSR count). The molecule has 2 aromatic rings. The molecule has 1 aliphatic heterocycles. The average Bonchev–Trinajstić information content (AvgIpc) is 3.03. The fourth-order valence-electron chi connectivity index (χ4n) is 2.88. The van der Waals surface area contributed by atoms with Gasteiger partial charge in [-0.2, -0.15) is 5.10 Å². The monoisotopic (exact) mass is 340 g/mol. The van der Waals surface area contributed by atoms with E-state index in [1.807, 2.05) is 25.1 Å². The Morgan fingerprint density at radius 1 is 1.12 bits per heavy atom. The molecule has 25 heavy (non-hydrogen) atoms. The molecule has 6 heteroatoms. The number of piperazine rings is 1. The van der Waals surface area contributed by atoms with Crippen LogP contribution in [0.2, 0.25) is 0 Å². The molecule has 1 fully saturated rings. The Morgan fingerprint density at radius 3 is 2.52 bits per heavy atom. The number of nitrogens with zero attached hydrogens (tertiary/aromatic N) is 3. The van der Waals surface area contributed by atoms with E-state index in [0.717, 1.165) is 38.5 Å². The maximum absolute atomic E-state index is 12.0. The van der Waals surface area contributed by atoms with Crippen LogP contribution in [0.4, 0.5) is 0 Å². The quantitative estimate of drug-likeness (QED) is 0.644. The predicted octanol–water partition coefficient (Wildman–Crippen LogP) is 1.86. The minimum atomic E-state index is -0.101. The van der Waals surface area contributed by atoms with Crippen molar-refractivity contribution < 1.29 is 9.21 Å². The molecular formula is C19H24N4O2. The minimum absolute atomic E-state index is 0.101. The van der Waals surface area contributed by atoms with Gasteiger partial charge in [0.25, 0.3) is 5.91 Å². The molecule has 0 unspecified atom stereocenters. The van der Waals surface area contributed by atoms with Gasteiger partial charge in [-0.15, -0.1) is 0 Å². The van der Waals surface area contributed by atoms with Crippen LogP contribution in [0.25, 0.3) is 0 Å². The van der Waals surface area contributed by atoms with Gasteiger partial charge < -0.3 is 4.42 Å². The van der Waals surface area contributed by atoms with Gasteiger partial charge in [0, 0.05) is 32.7 Å². The van der Waals surface area contributed by atoms with Crippen LogP contribution in [0.3, 0.4) is 0 Å². The van der Waals surface area contributed by atoms with Gasteiger partial charge in [0.15, 0.2) is 0 Å². The second kappa shape index (κ2) is 8.60. The number of rotatable bonds is 6. The number of aryl methyl sites for hydroxylation is 1. The molecule has 1 N–H and O–H groups in total. The fraction of sp³-hybridized carbons (Fsp3) is 0.368. The van der Waals surface area contributed by atoms with Gasteiger partial charge in [0.05, 0.1) is 12.8 Å². The Kier molecular flexibility index (Phi) is 5.98. The third kappa shape index (κ3) is 5.55. The first-order valence-corrected chi connectivity index (χ1v) is 8.56. The summed E-state index contributed by atoms with van der Waals surface area (Å²) in [5.74, 6) is 1.35. The van der Waals surface area contributed by atoms with E-state index in [0.29, 0.717) is 12.3 Å². The number of carbonyl (C=O) groups excluding carboxylic acids is 1. The standard InChI is InChI=1S/C19H24N4O2/c1-16-7-8-18(25-16)13-20-21-19(24)15-23-11-9-22(10-12-23)14-17-5-3-2-4-6-17/h2-8,13H,9-12,14-15H2,1H3,(H,21,24)/b20-13-. The van der Waals surface area contributed by atoms with E-state index in [-0.39, 0.29) is 5.91 Å². The van der Waals surface area contributed by atoms with E-state index in [1.54, 1.807) is 0 Å². The lowest BCUT2D eigenvalue weighted by atomic mass is 10.2. The zero-order valence-electron chi connectivity index (χ0n) is 14.5. The summed E-state index contributed by atoms with van der Waals surface area (Å²) in [5.41, 5.74) is 3.88. The number of furan rings is 1. The van der Waals surface area contributed by atoms with Crippen molar-refractivity contribution in [1.29, 1.82) is 0 Å². The molecule has 0 aliphatic carbocycles. The minimum Gasteiger partial charge on any atom is -0.460 e. The van der Waals surface area contributed by atoms with Crippen molar-refractivity contribution in [3.63, 3.8) is 0 Å². The summed E-state index contributed by atoms with van der Waals surface area (Å²) in [4.78, 5) is 16.5. The van der Waals surface area contributed by atoms with Gasteiger partial charge in [-0.1, -0.05) is 30.3 Å². The topological polar surface area (TPSA) is 61.1 Å². The Hall–Kier alpha value is -2.44. The van der Waals surface area contributed by atoms with Crippen molar-refractivity contribution in [2.45, 2.75) is 13.5 Å². The Bertz CT molecular complexity index is 703. The second-order valence-electron chi connectivity index (χ2n) is 6.28. The first kappa shape index (κ1) is 17.4. The summed E-state index contributed by atoms with van der Waals surface area (Å²) in [7, 11) is 0. The van der Waals surface area contributed by atoms with Crippen LogP contribution in [0.1, 0.15) is 17.1 Å². The smallest absolute Gasteiger partial charge is 0.254 e. The molecule has 1 aromatic carbocycles. The van der Waals surface area contributed by atoms with Crippen LogP contribution in [0, 0.1) is 6.92 Å². The van der Waals surface area contributed by atoms with Gasteiger partial charge >= 0.3 is 0 Å². The van der Waals surface area contributed by atoms with Gasteiger partial charge in [0.1, 0.15) is 11.5 Å². The Labute approximate surface area is 148 Å². The van der Waals surface area contributed by atoms with Crippen LogP contribution in [-0.4, -0.2) is 54.6 Å². The number of hydrogen-bond donors (Lipinski definition) is 1. The summed E-state index contributed by atoms with van der Waals surface area (Å²) in [6.45, 7) is 6.92. The summed E-state index contributed by atoms with van der Waals surface area (Å²) >= 11 is 0. The van der Waals surface area contributed by atoms with Gasteiger partial charge in [-0.3, -0.25) is 14.6 Å². The molecule has 0 radical (unpaired) electrons. The molecule has 1 aliphatic rings. The molecule has 132 valence electrons. The highest BCUT2D eigenvalue weighted by Crippen LogP contribution is 2.08. The number of benzene rings is 1. The summed E-state index contributed by atoms with van der Waals surface area (Å²) < 4.78 is 5.36. The van der Waals surface area contributed by atoms with Gasteiger partial charge in [0.2, 0.25) is 0 Å². The molecule has 6 nitrogen and oxygen atoms in total. The van der Waals surface area contributed by atoms with Crippen LogP contribution in [0.5, 0.6) is 0 Å². The molecule has 1 amide bonds. The molecule has 1 saturated heterocycles. The molecular weight excluding hydrogens is 316 g/mol. The average molecular weight is 340 g/mol. The van der Waals surface area contributed by atoms with Crippen molar-refractivity contribution in [2.24, 2.45) is 5.10 Å². The molecule has 1 aromatic heterocycles. The molecule has 0 saturated carbocycles. The van der Waals surface area contributed by atoms with Crippen molar-refractivity contribution in [2.75, 3.05) is 32.7 Å². The molecule has 2 heterocycles. The Balaban J connectivity index is 1.37. The maximum atomic E-state index is 12.0. The maximum Gasteiger partial charge on any atom is 0.254 e. The molecule has 0 atom stereocenters. The zero-order valence-corrected chi connectivity index (χ0v) is 14.5. The number of hydrogen-bond acceptors (Lipinski definition) is 5. The second-order valence-corrected chi connectivity index (χ2v) is 6.28. The first-order chi connectivity index (χ1) is 12.2. The highest BCUT2D eigenvalue weighted by atomic mass is 16.3. The highest BCUT2D eigenvalue weighted by molar-refractivity contribution is 5.81. The third-order valence-electron chi connectivity index (χ3n) is 4.22. The van der Waals surface area contributed by atoms with Crippen LogP contribution < -0.4 is 5.43 Å². The van der Waals surface area contributed by atoms with E-state index < -0.39 is 0 Å². The largest absolute Gasteiger partial charge is 0.460 e. The zero-order chi connectivity index (χ0) is 17.5. The Morgan fingerprint density at radius 2 is 1.84 bits per heavy atom. The fourth-order valence-corrected chi connectivity index (χ4v) is 2.88. The SMILES string of the molecule is Cc1ccc(/C=N\NC(=O)CN2CCN(Cc3ccccc3)CC2)o1. The third-order valence-corrected chi connectivity index (χ3v) is 4.22. The van der Waals surface area contributed by atoms with E-state index in [9.17, 15) is 4.79 Å². The molecule has 0 spiro atoms. The van der Waals surface area contributed by atoms with Crippen molar-refractivity contribution in [3.8, 4) is 0 Å². The van der Waals surface area contributed by atoms with E-state index in [1.165, 1.54) is 11.8 Å². The van der Waals surface area contributed by atoms with E-state index in [4.69, 9.17) is 4.42 Å². The van der Waals surface area contributed by atoms with Gasteiger partial charge in [-0.05, 0) is 24.6 Å². The first-order valence-electron chi connectivity index (χ1n) is 8.56. The van der Waals surface area contributed by atoms with E-state index in [2.05, 4.69) is 44.6 Å². The number of carbonyl (C=O) groups is 1. The van der Waals surface area contributed by atoms with E-state index >= 15 is 0 Å². The normalized spacial score (nSPS) is 16.4. The number of hydrazone groups is 1. The number of amides is 1. The van der Waals surface area contributed by atoms with Crippen molar-refractivity contribution in [3.05, 3.63) is 59.5 Å². The van der Waals surface area contributed by atoms with Crippen LogP contribution in [0.15, 0.2) is 52.0 Å². The lowest BCUT2D eigenvalue weighted by Gasteiger charge is -2.34. The molecule has 0 bridgehead atoms. The lowest BCUT2D eigenvalue weighted by molar-refractivity contribution is -0.122. The predicted molar refractivity (Wildman–Crippen MR) is 97.3 cm³/mol. The lowest BCUT2D eigenvalue weighted by Crippen LogP contribution is -2.48. The summed E-state index contributed by atoms with van der Waals surface area (Å²) in [6.07, 6.45) is 1.52. The number of nitrogens with one attached hydrogen (secondary N) is 1.